The Bertz CT molecular complexity index is 1170. The summed E-state index contributed by atoms with van der Waals surface area (Å²) in [5.41, 5.74) is 2.57. The summed E-state index contributed by atoms with van der Waals surface area (Å²) >= 11 is 1.39. The Kier molecular flexibility index (Phi) is 4.41. The van der Waals surface area contributed by atoms with Gasteiger partial charge in [-0.25, -0.2) is 9.66 Å². The number of nitrogen functional groups attached to an aromatic ring is 1. The van der Waals surface area contributed by atoms with Crippen molar-refractivity contribution in [3.8, 4) is 11.4 Å². The van der Waals surface area contributed by atoms with E-state index in [1.165, 1.54) is 16.4 Å². The Hall–Kier alpha value is -3.13. The molecule has 2 heterocycles. The molecule has 4 rings (SSSR count). The molecule has 1 atom stereocenters. The van der Waals surface area contributed by atoms with Crippen molar-refractivity contribution in [2.45, 2.75) is 24.3 Å². The van der Waals surface area contributed by atoms with E-state index in [-0.39, 0.29) is 10.8 Å². The number of aryl methyl sites for hydroxylation is 1. The zero-order chi connectivity index (χ0) is 19.0. The molecule has 0 saturated heterocycles. The number of H-pyrrole nitrogens is 1. The fourth-order valence-corrected chi connectivity index (χ4v) is 3.60. The number of hydrogen-bond donors (Lipinski definition) is 2. The number of fused-ring (bicyclic) bond motifs is 1. The molecule has 0 aliphatic rings. The topological polar surface area (TPSA) is 102 Å². The summed E-state index contributed by atoms with van der Waals surface area (Å²) in [6, 6.07) is 15.2. The maximum Gasteiger partial charge on any atom is 0.258 e. The second-order valence-corrected chi connectivity index (χ2v) is 7.58. The van der Waals surface area contributed by atoms with Gasteiger partial charge in [0.05, 0.1) is 16.2 Å². The lowest BCUT2D eigenvalue weighted by atomic mass is 10.1. The van der Waals surface area contributed by atoms with E-state index < -0.39 is 0 Å². The molecule has 4 aromatic rings. The third-order valence-corrected chi connectivity index (χ3v) is 5.34. The maximum absolute atomic E-state index is 12.3. The Morgan fingerprint density at radius 3 is 2.63 bits per heavy atom. The van der Waals surface area contributed by atoms with E-state index in [0.717, 1.165) is 11.1 Å². The number of para-hydroxylation sites is 1. The molecule has 0 amide bonds. The van der Waals surface area contributed by atoms with Gasteiger partial charge in [-0.3, -0.25) is 4.79 Å². The maximum atomic E-state index is 12.3. The Morgan fingerprint density at radius 1 is 1.11 bits per heavy atom. The highest BCUT2D eigenvalue weighted by molar-refractivity contribution is 7.99. The van der Waals surface area contributed by atoms with Crippen molar-refractivity contribution in [1.29, 1.82) is 0 Å². The number of aromatic amines is 1. The molecular weight excluding hydrogens is 360 g/mol. The molecule has 136 valence electrons. The minimum absolute atomic E-state index is 0.153. The van der Waals surface area contributed by atoms with Crippen molar-refractivity contribution < 1.29 is 0 Å². The molecule has 0 fully saturated rings. The summed E-state index contributed by atoms with van der Waals surface area (Å²) in [4.78, 5) is 19.7. The molecule has 7 nitrogen and oxygen atoms in total. The summed E-state index contributed by atoms with van der Waals surface area (Å²) in [5, 5.41) is 9.37. The molecule has 0 bridgehead atoms. The molecule has 2 aromatic heterocycles. The average Bonchev–Trinajstić information content (AvgIpc) is 3.03. The number of aromatic nitrogens is 5. The quantitative estimate of drug-likeness (QED) is 0.418. The first kappa shape index (κ1) is 17.3. The van der Waals surface area contributed by atoms with Crippen LogP contribution in [0.1, 0.15) is 23.6 Å². The largest absolute Gasteiger partial charge is 0.335 e. The predicted molar refractivity (Wildman–Crippen MR) is 107 cm³/mol. The standard InChI is InChI=1S/C19H18N6OS/c1-11-7-9-13(10-8-11)17-23-24-19(25(17)20)27-12(2)16-21-15-6-4-3-5-14(15)18(26)22-16/h3-10,12H,20H2,1-2H3,(H,21,22,26). The van der Waals surface area contributed by atoms with E-state index in [2.05, 4.69) is 20.2 Å². The number of benzene rings is 2. The van der Waals surface area contributed by atoms with E-state index in [1.54, 1.807) is 6.07 Å². The zero-order valence-electron chi connectivity index (χ0n) is 14.9. The summed E-state index contributed by atoms with van der Waals surface area (Å²) < 4.78 is 1.46. The Morgan fingerprint density at radius 2 is 1.85 bits per heavy atom. The van der Waals surface area contributed by atoms with Gasteiger partial charge < -0.3 is 10.8 Å². The van der Waals surface area contributed by atoms with Crippen molar-refractivity contribution in [2.75, 3.05) is 5.84 Å². The van der Waals surface area contributed by atoms with Crippen molar-refractivity contribution in [1.82, 2.24) is 24.8 Å². The molecule has 0 aliphatic carbocycles. The minimum Gasteiger partial charge on any atom is -0.335 e. The molecule has 1 unspecified atom stereocenters. The number of thioether (sulfide) groups is 1. The van der Waals surface area contributed by atoms with Crippen molar-refractivity contribution in [2.24, 2.45) is 0 Å². The first-order valence-electron chi connectivity index (χ1n) is 8.46. The number of nitrogens with two attached hydrogens (primary N) is 1. The zero-order valence-corrected chi connectivity index (χ0v) is 15.7. The van der Waals surface area contributed by atoms with Crippen LogP contribution in [0.3, 0.4) is 0 Å². The molecule has 27 heavy (non-hydrogen) atoms. The molecule has 8 heteroatoms. The van der Waals surface area contributed by atoms with Gasteiger partial charge in [0, 0.05) is 5.56 Å². The van der Waals surface area contributed by atoms with Gasteiger partial charge in [0.2, 0.25) is 5.16 Å². The summed E-state index contributed by atoms with van der Waals surface area (Å²) in [7, 11) is 0. The van der Waals surface area contributed by atoms with Crippen molar-refractivity contribution >= 4 is 22.7 Å². The van der Waals surface area contributed by atoms with Crippen LogP contribution in [-0.2, 0) is 0 Å². The smallest absolute Gasteiger partial charge is 0.258 e. The van der Waals surface area contributed by atoms with Gasteiger partial charge in [0.25, 0.3) is 5.56 Å². The first-order chi connectivity index (χ1) is 13.0. The molecule has 0 saturated carbocycles. The van der Waals surface area contributed by atoms with E-state index in [9.17, 15) is 4.79 Å². The monoisotopic (exact) mass is 378 g/mol. The summed E-state index contributed by atoms with van der Waals surface area (Å²) in [5.74, 6) is 7.36. The van der Waals surface area contributed by atoms with E-state index in [0.29, 0.717) is 27.7 Å². The van der Waals surface area contributed by atoms with Crippen LogP contribution in [0.5, 0.6) is 0 Å². The van der Waals surface area contributed by atoms with Gasteiger partial charge in [-0.15, -0.1) is 10.2 Å². The second kappa shape index (κ2) is 6.88. The van der Waals surface area contributed by atoms with Crippen LogP contribution in [0.25, 0.3) is 22.3 Å². The van der Waals surface area contributed by atoms with Crippen LogP contribution >= 0.6 is 11.8 Å². The molecule has 0 aliphatic heterocycles. The molecule has 3 N–H and O–H groups in total. The predicted octanol–water partition coefficient (Wildman–Crippen LogP) is 3.06. The highest BCUT2D eigenvalue weighted by Gasteiger charge is 2.18. The molecule has 0 radical (unpaired) electrons. The van der Waals surface area contributed by atoms with Crippen LogP contribution in [0, 0.1) is 6.92 Å². The van der Waals surface area contributed by atoms with Gasteiger partial charge in [-0.1, -0.05) is 53.7 Å². The third kappa shape index (κ3) is 3.31. The van der Waals surface area contributed by atoms with Gasteiger partial charge in [-0.05, 0) is 26.0 Å². The van der Waals surface area contributed by atoms with Gasteiger partial charge in [0.1, 0.15) is 5.82 Å². The lowest BCUT2D eigenvalue weighted by Crippen LogP contribution is -2.14. The Labute approximate surface area is 159 Å². The van der Waals surface area contributed by atoms with E-state index >= 15 is 0 Å². The van der Waals surface area contributed by atoms with Crippen LogP contribution in [-0.4, -0.2) is 24.8 Å². The van der Waals surface area contributed by atoms with Crippen LogP contribution < -0.4 is 11.4 Å². The van der Waals surface area contributed by atoms with E-state index in [1.807, 2.05) is 56.3 Å². The fraction of sp³-hybridized carbons (Fsp3) is 0.158. The highest BCUT2D eigenvalue weighted by Crippen LogP contribution is 2.32. The summed E-state index contributed by atoms with van der Waals surface area (Å²) in [6.07, 6.45) is 0. The van der Waals surface area contributed by atoms with Crippen LogP contribution in [0.4, 0.5) is 0 Å². The van der Waals surface area contributed by atoms with Crippen molar-refractivity contribution in [3.05, 3.63) is 70.3 Å². The minimum atomic E-state index is -0.155. The molecular formula is C19H18N6OS. The van der Waals surface area contributed by atoms with Crippen LogP contribution in [0.15, 0.2) is 58.5 Å². The summed E-state index contributed by atoms with van der Waals surface area (Å²) in [6.45, 7) is 3.97. The number of hydrogen-bond acceptors (Lipinski definition) is 6. The lowest BCUT2D eigenvalue weighted by Gasteiger charge is -2.11. The number of nitrogens with one attached hydrogen (secondary N) is 1. The lowest BCUT2D eigenvalue weighted by molar-refractivity contribution is 0.835. The normalized spacial score (nSPS) is 12.4. The highest BCUT2D eigenvalue weighted by atomic mass is 32.2. The number of nitrogens with zero attached hydrogens (tertiary/aromatic N) is 4. The van der Waals surface area contributed by atoms with Gasteiger partial charge in [0.15, 0.2) is 5.82 Å². The molecule has 2 aromatic carbocycles. The van der Waals surface area contributed by atoms with E-state index in [4.69, 9.17) is 5.84 Å². The van der Waals surface area contributed by atoms with Gasteiger partial charge >= 0.3 is 0 Å². The van der Waals surface area contributed by atoms with Gasteiger partial charge in [-0.2, -0.15) is 0 Å². The second-order valence-electron chi connectivity index (χ2n) is 6.27. The third-order valence-electron chi connectivity index (χ3n) is 4.27. The van der Waals surface area contributed by atoms with Crippen molar-refractivity contribution in [3.63, 3.8) is 0 Å². The molecule has 0 spiro atoms. The number of rotatable bonds is 4. The van der Waals surface area contributed by atoms with Crippen LogP contribution in [0.2, 0.25) is 0 Å². The first-order valence-corrected chi connectivity index (χ1v) is 9.34. The SMILES string of the molecule is Cc1ccc(-c2nnc(SC(C)c3nc4ccccc4c(=O)[nH]3)n2N)cc1. The Balaban J connectivity index is 1.63. The fourth-order valence-electron chi connectivity index (χ4n) is 2.77. The average molecular weight is 378 g/mol.